The van der Waals surface area contributed by atoms with E-state index in [4.69, 9.17) is 0 Å². The van der Waals surface area contributed by atoms with E-state index in [1.807, 2.05) is 0 Å². The SMILES string of the molecule is [CH3][Hf]([CH3])[C]1(Cc2ccccc2)C=Cc2cc3ccccc3cc21. The van der Waals surface area contributed by atoms with Crippen molar-refractivity contribution >= 4 is 16.8 Å². The Bertz CT molecular complexity index is 877. The van der Waals surface area contributed by atoms with Crippen molar-refractivity contribution in [3.8, 4) is 0 Å². The zero-order valence-electron chi connectivity index (χ0n) is 13.7. The van der Waals surface area contributed by atoms with E-state index in [2.05, 4.69) is 88.2 Å². The topological polar surface area (TPSA) is 0 Å². The van der Waals surface area contributed by atoms with E-state index in [1.54, 1.807) is 5.56 Å². The molecule has 4 rings (SSSR count). The van der Waals surface area contributed by atoms with Gasteiger partial charge >= 0.3 is 147 Å². The molecule has 0 radical (unpaired) electrons. The molecule has 0 N–H and O–H groups in total. The molecule has 0 aromatic heterocycles. The summed E-state index contributed by atoms with van der Waals surface area (Å²) in [5.74, 6) is 0. The van der Waals surface area contributed by atoms with E-state index < -0.39 is 21.4 Å². The summed E-state index contributed by atoms with van der Waals surface area (Å²) in [6.45, 7) is 0. The van der Waals surface area contributed by atoms with Gasteiger partial charge in [0.15, 0.2) is 0 Å². The number of hydrogen-bond donors (Lipinski definition) is 0. The second kappa shape index (κ2) is 5.87. The standard InChI is InChI=1S/C20H15.2CH3.Hf/c1-2-6-15(7-3-1)12-18-10-11-19-13-16-8-4-5-9-17(16)14-20(18)19;;;/h1-11,13-14H,12H2;2*1H3;. The van der Waals surface area contributed by atoms with Crippen LogP contribution in [0.2, 0.25) is 9.36 Å². The van der Waals surface area contributed by atoms with Crippen LogP contribution in [0.15, 0.2) is 72.8 Å². The number of allylic oxidation sites excluding steroid dienone is 1. The summed E-state index contributed by atoms with van der Waals surface area (Å²) in [5.41, 5.74) is 4.47. The van der Waals surface area contributed by atoms with Crippen molar-refractivity contribution in [2.45, 2.75) is 19.0 Å². The van der Waals surface area contributed by atoms with Crippen molar-refractivity contribution in [3.05, 3.63) is 89.5 Å². The quantitative estimate of drug-likeness (QED) is 0.417. The number of benzene rings is 3. The van der Waals surface area contributed by atoms with Gasteiger partial charge < -0.3 is 0 Å². The van der Waals surface area contributed by atoms with Gasteiger partial charge in [0.25, 0.3) is 0 Å². The van der Waals surface area contributed by atoms with Crippen LogP contribution in [0.5, 0.6) is 0 Å². The predicted molar refractivity (Wildman–Crippen MR) is 96.5 cm³/mol. The number of fused-ring (bicyclic) bond motifs is 2. The van der Waals surface area contributed by atoms with Crippen molar-refractivity contribution in [2.75, 3.05) is 0 Å². The second-order valence-electron chi connectivity index (χ2n) is 6.75. The van der Waals surface area contributed by atoms with Crippen molar-refractivity contribution in [1.29, 1.82) is 0 Å². The van der Waals surface area contributed by atoms with Crippen LogP contribution in [0.25, 0.3) is 16.8 Å². The van der Waals surface area contributed by atoms with Crippen LogP contribution in [0.4, 0.5) is 0 Å². The zero-order valence-corrected chi connectivity index (χ0v) is 17.3. The van der Waals surface area contributed by atoms with Crippen molar-refractivity contribution in [1.82, 2.24) is 0 Å². The van der Waals surface area contributed by atoms with Gasteiger partial charge in [-0.25, -0.2) is 0 Å². The average Bonchev–Trinajstić information content (AvgIpc) is 2.93. The van der Waals surface area contributed by atoms with Gasteiger partial charge in [-0.05, 0) is 0 Å². The summed E-state index contributed by atoms with van der Waals surface area (Å²) in [7, 11) is 0. The summed E-state index contributed by atoms with van der Waals surface area (Å²) in [4.78, 5) is 0. The van der Waals surface area contributed by atoms with Gasteiger partial charge in [-0.3, -0.25) is 0 Å². The maximum absolute atomic E-state index is 2.56. The molecule has 1 heteroatoms. The Kier molecular flexibility index (Phi) is 3.85. The van der Waals surface area contributed by atoms with Gasteiger partial charge in [-0.1, -0.05) is 0 Å². The molecule has 113 valence electrons. The van der Waals surface area contributed by atoms with E-state index in [9.17, 15) is 0 Å². The Hall–Kier alpha value is -1.47. The van der Waals surface area contributed by atoms with E-state index in [1.165, 1.54) is 21.9 Å². The Morgan fingerprint density at radius 2 is 1.48 bits per heavy atom. The molecule has 0 saturated heterocycles. The summed E-state index contributed by atoms with van der Waals surface area (Å²) in [6, 6.07) is 24.6. The Morgan fingerprint density at radius 1 is 0.826 bits per heavy atom. The molecule has 1 aliphatic rings. The molecule has 0 amide bonds. The Labute approximate surface area is 146 Å². The molecular formula is C22H21Hf. The third kappa shape index (κ3) is 2.55. The monoisotopic (exact) mass is 465 g/mol. The van der Waals surface area contributed by atoms with Gasteiger partial charge in [-0.15, -0.1) is 0 Å². The molecule has 0 nitrogen and oxygen atoms in total. The summed E-state index contributed by atoms with van der Waals surface area (Å²) in [6.07, 6.45) is 6.07. The van der Waals surface area contributed by atoms with E-state index in [-0.39, 0.29) is 0 Å². The Balaban J connectivity index is 1.88. The first-order valence-corrected chi connectivity index (χ1v) is 17.2. The molecule has 1 atom stereocenters. The van der Waals surface area contributed by atoms with Crippen molar-refractivity contribution < 1.29 is 21.4 Å². The molecular weight excluding hydrogens is 443 g/mol. The van der Waals surface area contributed by atoms with Crippen LogP contribution in [0.3, 0.4) is 0 Å². The van der Waals surface area contributed by atoms with E-state index in [0.717, 1.165) is 6.42 Å². The molecule has 3 aromatic rings. The van der Waals surface area contributed by atoms with Gasteiger partial charge in [0.05, 0.1) is 0 Å². The number of rotatable bonds is 3. The third-order valence-corrected chi connectivity index (χ3v) is 13.8. The summed E-state index contributed by atoms with van der Waals surface area (Å²) in [5, 5.41) is 2.73. The fraction of sp³-hybridized carbons (Fsp3) is 0.182. The van der Waals surface area contributed by atoms with Gasteiger partial charge in [-0.2, -0.15) is 0 Å². The number of hydrogen-bond acceptors (Lipinski definition) is 0. The average molecular weight is 464 g/mol. The summed E-state index contributed by atoms with van der Waals surface area (Å²) >= 11 is -1.73. The van der Waals surface area contributed by atoms with Gasteiger partial charge in [0.1, 0.15) is 0 Å². The molecule has 3 aromatic carbocycles. The second-order valence-corrected chi connectivity index (χ2v) is 17.1. The minimum absolute atomic E-state index is 0.311. The van der Waals surface area contributed by atoms with Crippen LogP contribution in [0, 0.1) is 0 Å². The molecule has 1 unspecified atom stereocenters. The van der Waals surface area contributed by atoms with Crippen LogP contribution in [-0.4, -0.2) is 0 Å². The molecule has 1 aliphatic carbocycles. The molecule has 0 fully saturated rings. The summed E-state index contributed by atoms with van der Waals surface area (Å²) < 4.78 is 5.43. The molecule has 0 saturated carbocycles. The van der Waals surface area contributed by atoms with Crippen LogP contribution < -0.4 is 0 Å². The fourth-order valence-corrected chi connectivity index (χ4v) is 10.0. The van der Waals surface area contributed by atoms with Gasteiger partial charge in [0, 0.05) is 0 Å². The van der Waals surface area contributed by atoms with E-state index in [0.29, 0.717) is 3.17 Å². The maximum atomic E-state index is 2.56. The first kappa shape index (κ1) is 15.1. The molecule has 23 heavy (non-hydrogen) atoms. The van der Waals surface area contributed by atoms with Crippen LogP contribution in [-0.2, 0) is 31.0 Å². The molecule has 0 bridgehead atoms. The first-order valence-electron chi connectivity index (χ1n) is 8.26. The first-order chi connectivity index (χ1) is 11.2. The minimum atomic E-state index is -1.73. The fourth-order valence-electron chi connectivity index (χ4n) is 3.79. The molecule has 0 aliphatic heterocycles. The van der Waals surface area contributed by atoms with E-state index >= 15 is 0 Å². The van der Waals surface area contributed by atoms with Crippen LogP contribution >= 0.6 is 0 Å². The predicted octanol–water partition coefficient (Wildman–Crippen LogP) is 6.02. The van der Waals surface area contributed by atoms with Crippen molar-refractivity contribution in [3.63, 3.8) is 0 Å². The third-order valence-electron chi connectivity index (χ3n) is 5.16. The normalized spacial score (nSPS) is 19.0. The van der Waals surface area contributed by atoms with Crippen LogP contribution in [0.1, 0.15) is 16.7 Å². The molecule has 0 heterocycles. The zero-order chi connectivity index (χ0) is 15.9. The molecule has 0 spiro atoms. The van der Waals surface area contributed by atoms with Crippen molar-refractivity contribution in [2.24, 2.45) is 0 Å². The Morgan fingerprint density at radius 3 is 2.17 bits per heavy atom. The van der Waals surface area contributed by atoms with Gasteiger partial charge in [0.2, 0.25) is 0 Å².